The van der Waals surface area contributed by atoms with E-state index in [0.717, 1.165) is 0 Å². The standard InChI is InChI=1S/C14H13FN2O3/c1-17-7-10(13(16)19)12(18)11(14(17)20-2)8-3-5-9(15)6-4-8/h3-7H,1-2H3,(H2,16,19). The Kier molecular flexibility index (Phi) is 3.56. The minimum absolute atomic E-state index is 0.146. The quantitative estimate of drug-likeness (QED) is 0.918. The molecular weight excluding hydrogens is 263 g/mol. The lowest BCUT2D eigenvalue weighted by Crippen LogP contribution is -2.25. The van der Waals surface area contributed by atoms with Gasteiger partial charge in [0.05, 0.1) is 12.7 Å². The average molecular weight is 276 g/mol. The molecule has 0 saturated heterocycles. The molecule has 1 amide bonds. The van der Waals surface area contributed by atoms with Gasteiger partial charge in [-0.1, -0.05) is 12.1 Å². The number of aryl methyl sites for hydroxylation is 1. The Hall–Kier alpha value is -2.63. The smallest absolute Gasteiger partial charge is 0.254 e. The molecule has 0 bridgehead atoms. The maximum absolute atomic E-state index is 13.0. The molecule has 1 heterocycles. The number of hydrogen-bond acceptors (Lipinski definition) is 3. The Balaban J connectivity index is 2.82. The number of hydrogen-bond donors (Lipinski definition) is 1. The number of carbonyl (C=O) groups excluding carboxylic acids is 1. The number of aromatic nitrogens is 1. The van der Waals surface area contributed by atoms with Crippen molar-refractivity contribution in [1.29, 1.82) is 0 Å². The molecule has 104 valence electrons. The molecule has 0 atom stereocenters. The SMILES string of the molecule is COc1c(-c2ccc(F)cc2)c(=O)c(C(N)=O)cn1C. The van der Waals surface area contributed by atoms with Crippen LogP contribution in [-0.4, -0.2) is 17.6 Å². The molecule has 1 aromatic heterocycles. The lowest BCUT2D eigenvalue weighted by atomic mass is 10.0. The first-order valence-corrected chi connectivity index (χ1v) is 5.79. The second-order valence-corrected chi connectivity index (χ2v) is 4.24. The number of ether oxygens (including phenoxy) is 1. The van der Waals surface area contributed by atoms with E-state index in [1.807, 2.05) is 0 Å². The summed E-state index contributed by atoms with van der Waals surface area (Å²) in [7, 11) is 3.03. The van der Waals surface area contributed by atoms with E-state index in [0.29, 0.717) is 5.56 Å². The van der Waals surface area contributed by atoms with Gasteiger partial charge in [0.25, 0.3) is 5.91 Å². The van der Waals surface area contributed by atoms with Crippen molar-refractivity contribution < 1.29 is 13.9 Å². The number of pyridine rings is 1. The molecule has 5 nitrogen and oxygen atoms in total. The molecule has 0 radical (unpaired) electrons. The van der Waals surface area contributed by atoms with Crippen molar-refractivity contribution in [2.45, 2.75) is 0 Å². The number of methoxy groups -OCH3 is 1. The lowest BCUT2D eigenvalue weighted by Gasteiger charge is -2.14. The zero-order chi connectivity index (χ0) is 14.9. The number of nitrogens with zero attached hydrogens (tertiary/aromatic N) is 1. The summed E-state index contributed by atoms with van der Waals surface area (Å²) in [6.45, 7) is 0. The third-order valence-corrected chi connectivity index (χ3v) is 2.92. The van der Waals surface area contributed by atoms with Crippen molar-refractivity contribution in [2.75, 3.05) is 7.11 Å². The van der Waals surface area contributed by atoms with Gasteiger partial charge in [0.2, 0.25) is 11.3 Å². The highest BCUT2D eigenvalue weighted by Crippen LogP contribution is 2.26. The molecule has 0 aliphatic rings. The molecule has 2 aromatic rings. The topological polar surface area (TPSA) is 74.3 Å². The number of primary amides is 1. The number of carbonyl (C=O) groups is 1. The normalized spacial score (nSPS) is 10.3. The van der Waals surface area contributed by atoms with Crippen molar-refractivity contribution >= 4 is 5.91 Å². The molecule has 0 spiro atoms. The lowest BCUT2D eigenvalue weighted by molar-refractivity contribution is 0.0998. The largest absolute Gasteiger partial charge is 0.482 e. The molecule has 1 aromatic carbocycles. The third-order valence-electron chi connectivity index (χ3n) is 2.92. The fourth-order valence-corrected chi connectivity index (χ4v) is 2.01. The molecule has 2 N–H and O–H groups in total. The first-order chi connectivity index (χ1) is 9.45. The van der Waals surface area contributed by atoms with Gasteiger partial charge in [-0.3, -0.25) is 9.59 Å². The molecule has 20 heavy (non-hydrogen) atoms. The molecular formula is C14H13FN2O3. The van der Waals surface area contributed by atoms with Crippen molar-refractivity contribution in [1.82, 2.24) is 4.57 Å². The first kappa shape index (κ1) is 13.8. The van der Waals surface area contributed by atoms with Crippen LogP contribution in [0.3, 0.4) is 0 Å². The maximum Gasteiger partial charge on any atom is 0.254 e. The van der Waals surface area contributed by atoms with Crippen LogP contribution in [0.4, 0.5) is 4.39 Å². The predicted molar refractivity (Wildman–Crippen MR) is 72.1 cm³/mol. The van der Waals surface area contributed by atoms with Gasteiger partial charge < -0.3 is 15.0 Å². The van der Waals surface area contributed by atoms with Crippen LogP contribution in [0.5, 0.6) is 5.88 Å². The number of amides is 1. The summed E-state index contributed by atoms with van der Waals surface area (Å²) in [5.74, 6) is -0.973. The fourth-order valence-electron chi connectivity index (χ4n) is 2.01. The van der Waals surface area contributed by atoms with Gasteiger partial charge >= 0.3 is 0 Å². The molecule has 0 aliphatic heterocycles. The van der Waals surface area contributed by atoms with Crippen LogP contribution in [-0.2, 0) is 7.05 Å². The van der Waals surface area contributed by atoms with Crippen LogP contribution in [0.25, 0.3) is 11.1 Å². The second-order valence-electron chi connectivity index (χ2n) is 4.24. The summed E-state index contributed by atoms with van der Waals surface area (Å²) in [5.41, 5.74) is 5.13. The fraction of sp³-hybridized carbons (Fsp3) is 0.143. The summed E-state index contributed by atoms with van der Waals surface area (Å²) in [4.78, 5) is 23.7. The van der Waals surface area contributed by atoms with Crippen molar-refractivity contribution in [2.24, 2.45) is 12.8 Å². The van der Waals surface area contributed by atoms with Gasteiger partial charge in [-0.2, -0.15) is 0 Å². The van der Waals surface area contributed by atoms with Crippen molar-refractivity contribution in [3.63, 3.8) is 0 Å². The molecule has 2 rings (SSSR count). The number of rotatable bonds is 3. The van der Waals surface area contributed by atoms with Crippen LogP contribution in [0.1, 0.15) is 10.4 Å². The summed E-state index contributed by atoms with van der Waals surface area (Å²) in [6.07, 6.45) is 1.32. The Morgan fingerprint density at radius 2 is 1.90 bits per heavy atom. The minimum atomic E-state index is -0.823. The van der Waals surface area contributed by atoms with Gasteiger partial charge in [-0.15, -0.1) is 0 Å². The Morgan fingerprint density at radius 3 is 2.40 bits per heavy atom. The molecule has 6 heteroatoms. The van der Waals surface area contributed by atoms with Crippen LogP contribution in [0.2, 0.25) is 0 Å². The maximum atomic E-state index is 13.0. The zero-order valence-electron chi connectivity index (χ0n) is 11.0. The number of nitrogens with two attached hydrogens (primary N) is 1. The first-order valence-electron chi connectivity index (χ1n) is 5.79. The van der Waals surface area contributed by atoms with E-state index < -0.39 is 17.2 Å². The van der Waals surface area contributed by atoms with Crippen LogP contribution in [0, 0.1) is 5.82 Å². The van der Waals surface area contributed by atoms with E-state index in [4.69, 9.17) is 10.5 Å². The minimum Gasteiger partial charge on any atom is -0.482 e. The van der Waals surface area contributed by atoms with E-state index in [9.17, 15) is 14.0 Å². The van der Waals surface area contributed by atoms with E-state index in [1.165, 1.54) is 42.1 Å². The molecule has 0 unspecified atom stereocenters. The van der Waals surface area contributed by atoms with Gasteiger partial charge in [-0.05, 0) is 17.7 Å². The average Bonchev–Trinajstić information content (AvgIpc) is 2.41. The molecule has 0 saturated carbocycles. The summed E-state index contributed by atoms with van der Waals surface area (Å²) >= 11 is 0. The van der Waals surface area contributed by atoms with E-state index in [1.54, 1.807) is 7.05 Å². The predicted octanol–water partition coefficient (Wildman–Crippen LogP) is 1.30. The van der Waals surface area contributed by atoms with Gasteiger partial charge in [0, 0.05) is 13.2 Å². The highest BCUT2D eigenvalue weighted by atomic mass is 19.1. The van der Waals surface area contributed by atoms with Crippen LogP contribution >= 0.6 is 0 Å². The Morgan fingerprint density at radius 1 is 1.30 bits per heavy atom. The Labute approximate surface area is 114 Å². The van der Waals surface area contributed by atoms with E-state index >= 15 is 0 Å². The summed E-state index contributed by atoms with van der Waals surface area (Å²) < 4.78 is 19.7. The third kappa shape index (κ3) is 2.27. The van der Waals surface area contributed by atoms with Gasteiger partial charge in [0.15, 0.2) is 0 Å². The van der Waals surface area contributed by atoms with Gasteiger partial charge in [-0.25, -0.2) is 4.39 Å². The number of benzene rings is 1. The van der Waals surface area contributed by atoms with Gasteiger partial charge in [0.1, 0.15) is 11.4 Å². The van der Waals surface area contributed by atoms with E-state index in [2.05, 4.69) is 0 Å². The van der Waals surface area contributed by atoms with Crippen molar-refractivity contribution in [3.8, 4) is 17.0 Å². The van der Waals surface area contributed by atoms with Crippen LogP contribution in [0.15, 0.2) is 35.3 Å². The van der Waals surface area contributed by atoms with E-state index in [-0.39, 0.29) is 17.0 Å². The monoisotopic (exact) mass is 276 g/mol. The Bertz CT molecular complexity index is 720. The highest BCUT2D eigenvalue weighted by molar-refractivity contribution is 5.94. The van der Waals surface area contributed by atoms with Crippen molar-refractivity contribution in [3.05, 3.63) is 52.1 Å². The second kappa shape index (κ2) is 5.16. The summed E-state index contributed by atoms with van der Waals surface area (Å²) in [6, 6.07) is 5.34. The van der Waals surface area contributed by atoms with Crippen LogP contribution < -0.4 is 15.9 Å². The highest BCUT2D eigenvalue weighted by Gasteiger charge is 2.19. The summed E-state index contributed by atoms with van der Waals surface area (Å²) in [5, 5.41) is 0. The number of halogens is 1. The molecule has 0 aliphatic carbocycles. The molecule has 0 fully saturated rings. The zero-order valence-corrected chi connectivity index (χ0v) is 11.0.